The van der Waals surface area contributed by atoms with Crippen LogP contribution >= 0.6 is 15.9 Å². The van der Waals surface area contributed by atoms with E-state index in [-0.39, 0.29) is 0 Å². The van der Waals surface area contributed by atoms with Crippen molar-refractivity contribution >= 4 is 26.8 Å². The number of hydrogen-bond acceptors (Lipinski definition) is 2. The van der Waals surface area contributed by atoms with Gasteiger partial charge in [-0.1, -0.05) is 6.07 Å². The second-order valence-corrected chi connectivity index (χ2v) is 5.18. The monoisotopic (exact) mass is 301 g/mol. The molecule has 0 fully saturated rings. The van der Waals surface area contributed by atoms with Gasteiger partial charge in [0.1, 0.15) is 0 Å². The molecule has 0 amide bonds. The van der Waals surface area contributed by atoms with Crippen LogP contribution in [-0.4, -0.2) is 14.8 Å². The zero-order valence-corrected chi connectivity index (χ0v) is 11.8. The summed E-state index contributed by atoms with van der Waals surface area (Å²) in [6.07, 6.45) is 5.74. The average Bonchev–Trinajstić information content (AvgIpc) is 2.80. The van der Waals surface area contributed by atoms with Crippen molar-refractivity contribution in [2.75, 3.05) is 0 Å². The largest absolute Gasteiger partial charge is 0.275 e. The number of nitrogens with zero attached hydrogens (tertiary/aromatic N) is 3. The topological polar surface area (TPSA) is 30.7 Å². The molecule has 0 unspecified atom stereocenters. The highest BCUT2D eigenvalue weighted by Gasteiger charge is 2.06. The minimum Gasteiger partial charge on any atom is -0.275 e. The first-order valence-electron chi connectivity index (χ1n) is 5.69. The van der Waals surface area contributed by atoms with Crippen LogP contribution in [0.1, 0.15) is 5.56 Å². The molecule has 0 aliphatic carbocycles. The molecule has 0 atom stereocenters. The standard InChI is InChI=1S/C14H12BrN3/c1-9-3-4-13-12(14(9)15)5-10(6-16-13)11-7-17-18(2)8-11/h3-8H,1-2H3. The zero-order valence-electron chi connectivity index (χ0n) is 10.2. The van der Waals surface area contributed by atoms with Crippen molar-refractivity contribution < 1.29 is 0 Å². The lowest BCUT2D eigenvalue weighted by molar-refractivity contribution is 0.768. The van der Waals surface area contributed by atoms with Crippen molar-refractivity contribution in [1.29, 1.82) is 0 Å². The molecule has 3 rings (SSSR count). The summed E-state index contributed by atoms with van der Waals surface area (Å²) in [6.45, 7) is 2.08. The van der Waals surface area contributed by atoms with Crippen molar-refractivity contribution in [1.82, 2.24) is 14.8 Å². The average molecular weight is 302 g/mol. The van der Waals surface area contributed by atoms with Gasteiger partial charge in [0, 0.05) is 40.4 Å². The van der Waals surface area contributed by atoms with Gasteiger partial charge in [-0.2, -0.15) is 5.10 Å². The SMILES string of the molecule is Cc1ccc2ncc(-c3cnn(C)c3)cc2c1Br. The van der Waals surface area contributed by atoms with Crippen LogP contribution in [0.3, 0.4) is 0 Å². The van der Waals surface area contributed by atoms with E-state index < -0.39 is 0 Å². The summed E-state index contributed by atoms with van der Waals surface area (Å²) in [4.78, 5) is 4.50. The number of hydrogen-bond donors (Lipinski definition) is 0. The summed E-state index contributed by atoms with van der Waals surface area (Å²) in [7, 11) is 1.91. The zero-order chi connectivity index (χ0) is 12.7. The van der Waals surface area contributed by atoms with Crippen LogP contribution in [0.15, 0.2) is 41.3 Å². The number of aryl methyl sites for hydroxylation is 2. The maximum absolute atomic E-state index is 4.50. The van der Waals surface area contributed by atoms with E-state index in [0.717, 1.165) is 26.5 Å². The first kappa shape index (κ1) is 11.4. The number of benzene rings is 1. The van der Waals surface area contributed by atoms with E-state index in [1.807, 2.05) is 31.7 Å². The number of fused-ring (bicyclic) bond motifs is 1. The van der Waals surface area contributed by atoms with Gasteiger partial charge in [-0.25, -0.2) is 0 Å². The van der Waals surface area contributed by atoms with Crippen molar-refractivity contribution in [3.63, 3.8) is 0 Å². The molecular formula is C14H12BrN3. The molecule has 4 heteroatoms. The number of rotatable bonds is 1. The van der Waals surface area contributed by atoms with Crippen molar-refractivity contribution in [2.24, 2.45) is 7.05 Å². The van der Waals surface area contributed by atoms with Gasteiger partial charge < -0.3 is 0 Å². The van der Waals surface area contributed by atoms with E-state index in [1.165, 1.54) is 5.56 Å². The Balaban J connectivity index is 2.24. The molecular weight excluding hydrogens is 290 g/mol. The molecule has 3 aromatic rings. The van der Waals surface area contributed by atoms with Crippen molar-refractivity contribution in [3.05, 3.63) is 46.8 Å². The highest BCUT2D eigenvalue weighted by atomic mass is 79.9. The fraction of sp³-hybridized carbons (Fsp3) is 0.143. The minimum atomic E-state index is 1.00. The quantitative estimate of drug-likeness (QED) is 0.686. The number of pyridine rings is 1. The molecule has 0 N–H and O–H groups in total. The van der Waals surface area contributed by atoms with Crippen molar-refractivity contribution in [3.8, 4) is 11.1 Å². The van der Waals surface area contributed by atoms with E-state index in [1.54, 1.807) is 4.68 Å². The predicted molar refractivity (Wildman–Crippen MR) is 76.4 cm³/mol. The molecule has 0 saturated heterocycles. The highest BCUT2D eigenvalue weighted by Crippen LogP contribution is 2.29. The molecule has 90 valence electrons. The molecule has 0 aliphatic rings. The molecule has 0 radical (unpaired) electrons. The van der Waals surface area contributed by atoms with Crippen molar-refractivity contribution in [2.45, 2.75) is 6.92 Å². The lowest BCUT2D eigenvalue weighted by Crippen LogP contribution is -1.86. The lowest BCUT2D eigenvalue weighted by atomic mass is 10.1. The maximum atomic E-state index is 4.50. The smallest absolute Gasteiger partial charge is 0.0713 e. The van der Waals surface area contributed by atoms with Crippen LogP contribution in [0.25, 0.3) is 22.0 Å². The van der Waals surface area contributed by atoms with Gasteiger partial charge in [0.05, 0.1) is 11.7 Å². The number of aromatic nitrogens is 3. The Morgan fingerprint density at radius 1 is 1.17 bits per heavy atom. The predicted octanol–water partition coefficient (Wildman–Crippen LogP) is 3.71. The summed E-state index contributed by atoms with van der Waals surface area (Å²) in [6, 6.07) is 6.27. The van der Waals surface area contributed by atoms with Gasteiger partial charge in [-0.05, 0) is 40.5 Å². The second kappa shape index (κ2) is 4.21. The molecule has 2 heterocycles. The van der Waals surface area contributed by atoms with Gasteiger partial charge in [-0.15, -0.1) is 0 Å². The Labute approximate surface area is 114 Å². The third-order valence-corrected chi connectivity index (χ3v) is 4.08. The molecule has 0 bridgehead atoms. The Morgan fingerprint density at radius 2 is 2.00 bits per heavy atom. The van der Waals surface area contributed by atoms with E-state index in [2.05, 4.69) is 45.1 Å². The molecule has 18 heavy (non-hydrogen) atoms. The Morgan fingerprint density at radius 3 is 2.72 bits per heavy atom. The lowest BCUT2D eigenvalue weighted by Gasteiger charge is -2.05. The van der Waals surface area contributed by atoms with Crippen LogP contribution < -0.4 is 0 Å². The first-order valence-corrected chi connectivity index (χ1v) is 6.48. The third kappa shape index (κ3) is 1.82. The van der Waals surface area contributed by atoms with E-state index in [0.29, 0.717) is 0 Å². The van der Waals surface area contributed by atoms with Crippen LogP contribution in [0, 0.1) is 6.92 Å². The normalized spacial score (nSPS) is 11.1. The molecule has 1 aromatic carbocycles. The van der Waals surface area contributed by atoms with Crippen LogP contribution in [0.2, 0.25) is 0 Å². The fourth-order valence-corrected chi connectivity index (χ4v) is 2.45. The fourth-order valence-electron chi connectivity index (χ4n) is 2.00. The number of halogens is 1. The molecule has 0 spiro atoms. The van der Waals surface area contributed by atoms with Gasteiger partial charge in [0.15, 0.2) is 0 Å². The van der Waals surface area contributed by atoms with Crippen LogP contribution in [0.4, 0.5) is 0 Å². The van der Waals surface area contributed by atoms with Crippen LogP contribution in [0.5, 0.6) is 0 Å². The molecule has 0 aliphatic heterocycles. The summed E-state index contributed by atoms with van der Waals surface area (Å²) in [5.74, 6) is 0. The van der Waals surface area contributed by atoms with Gasteiger partial charge in [-0.3, -0.25) is 9.67 Å². The van der Waals surface area contributed by atoms with Gasteiger partial charge >= 0.3 is 0 Å². The summed E-state index contributed by atoms with van der Waals surface area (Å²) >= 11 is 3.63. The summed E-state index contributed by atoms with van der Waals surface area (Å²) in [5, 5.41) is 5.33. The molecule has 2 aromatic heterocycles. The Bertz CT molecular complexity index is 731. The molecule has 3 nitrogen and oxygen atoms in total. The maximum Gasteiger partial charge on any atom is 0.0713 e. The van der Waals surface area contributed by atoms with E-state index >= 15 is 0 Å². The summed E-state index contributed by atoms with van der Waals surface area (Å²) in [5.41, 5.74) is 4.38. The van der Waals surface area contributed by atoms with Gasteiger partial charge in [0.2, 0.25) is 0 Å². The van der Waals surface area contributed by atoms with E-state index in [9.17, 15) is 0 Å². The Hall–Kier alpha value is -1.68. The van der Waals surface area contributed by atoms with Gasteiger partial charge in [0.25, 0.3) is 0 Å². The Kier molecular flexibility index (Phi) is 2.67. The molecule has 0 saturated carbocycles. The third-order valence-electron chi connectivity index (χ3n) is 3.03. The summed E-state index contributed by atoms with van der Waals surface area (Å²) < 4.78 is 2.91. The van der Waals surface area contributed by atoms with E-state index in [4.69, 9.17) is 0 Å². The second-order valence-electron chi connectivity index (χ2n) is 4.39. The minimum absolute atomic E-state index is 1.00. The highest BCUT2D eigenvalue weighted by molar-refractivity contribution is 9.10. The van der Waals surface area contributed by atoms with Crippen LogP contribution in [-0.2, 0) is 7.05 Å². The first-order chi connectivity index (χ1) is 8.65.